The lowest BCUT2D eigenvalue weighted by Gasteiger charge is -2.60. The molecule has 116 valence electrons. The molecule has 3 rings (SSSR count). The second-order valence-corrected chi connectivity index (χ2v) is 7.06. The molecule has 1 aliphatic carbocycles. The van der Waals surface area contributed by atoms with Crippen molar-refractivity contribution in [2.45, 2.75) is 51.8 Å². The first-order valence-corrected chi connectivity index (χ1v) is 8.05. The number of methoxy groups -OCH3 is 1. The molecule has 21 heavy (non-hydrogen) atoms. The molecule has 3 nitrogen and oxygen atoms in total. The van der Waals surface area contributed by atoms with Gasteiger partial charge in [0.15, 0.2) is 0 Å². The van der Waals surface area contributed by atoms with E-state index in [-0.39, 0.29) is 5.41 Å². The second-order valence-electron chi connectivity index (χ2n) is 7.06. The third-order valence-corrected chi connectivity index (χ3v) is 5.38. The second kappa shape index (κ2) is 5.62. The molecule has 1 aromatic rings. The topological polar surface area (TPSA) is 30.5 Å². The standard InChI is InChI=1S/C18H27NO2/c1-12(13-7-9-14(20-4)10-8-13)19-16-15-6-5-11-21-17(15)18(16,2)3/h7-10,12,15-17,19H,5-6,11H2,1-4H3. The lowest BCUT2D eigenvalue weighted by Crippen LogP contribution is -2.69. The van der Waals surface area contributed by atoms with Gasteiger partial charge in [-0.05, 0) is 37.5 Å². The van der Waals surface area contributed by atoms with Gasteiger partial charge in [0.25, 0.3) is 0 Å². The van der Waals surface area contributed by atoms with Gasteiger partial charge in [-0.25, -0.2) is 0 Å². The first-order chi connectivity index (χ1) is 10.0. The summed E-state index contributed by atoms with van der Waals surface area (Å²) in [6, 6.07) is 9.26. The summed E-state index contributed by atoms with van der Waals surface area (Å²) in [5.41, 5.74) is 1.54. The van der Waals surface area contributed by atoms with Crippen molar-refractivity contribution in [2.75, 3.05) is 13.7 Å². The van der Waals surface area contributed by atoms with Crippen molar-refractivity contribution in [2.24, 2.45) is 11.3 Å². The Hall–Kier alpha value is -1.06. The molecule has 1 aromatic carbocycles. The summed E-state index contributed by atoms with van der Waals surface area (Å²) in [7, 11) is 1.71. The van der Waals surface area contributed by atoms with Crippen LogP contribution >= 0.6 is 0 Å². The Bertz CT molecular complexity index is 482. The van der Waals surface area contributed by atoms with Crippen molar-refractivity contribution >= 4 is 0 Å². The van der Waals surface area contributed by atoms with Crippen LogP contribution in [0.1, 0.15) is 45.2 Å². The van der Waals surface area contributed by atoms with Crippen LogP contribution in [0.4, 0.5) is 0 Å². The quantitative estimate of drug-likeness (QED) is 0.919. The molecule has 0 spiro atoms. The van der Waals surface area contributed by atoms with Gasteiger partial charge in [-0.1, -0.05) is 26.0 Å². The molecular weight excluding hydrogens is 262 g/mol. The molecule has 1 heterocycles. The molecule has 1 saturated carbocycles. The molecule has 0 bridgehead atoms. The van der Waals surface area contributed by atoms with Crippen molar-refractivity contribution in [3.05, 3.63) is 29.8 Å². The number of fused-ring (bicyclic) bond motifs is 1. The van der Waals surface area contributed by atoms with Crippen LogP contribution in [0, 0.1) is 11.3 Å². The van der Waals surface area contributed by atoms with Crippen molar-refractivity contribution < 1.29 is 9.47 Å². The van der Waals surface area contributed by atoms with Crippen LogP contribution < -0.4 is 10.1 Å². The summed E-state index contributed by atoms with van der Waals surface area (Å²) in [5, 5.41) is 3.84. The zero-order valence-electron chi connectivity index (χ0n) is 13.6. The van der Waals surface area contributed by atoms with Crippen LogP contribution in [0.15, 0.2) is 24.3 Å². The highest BCUT2D eigenvalue weighted by molar-refractivity contribution is 5.29. The summed E-state index contributed by atoms with van der Waals surface area (Å²) in [4.78, 5) is 0. The zero-order valence-corrected chi connectivity index (χ0v) is 13.6. The van der Waals surface area contributed by atoms with E-state index in [9.17, 15) is 0 Å². The molecule has 0 aromatic heterocycles. The molecule has 4 unspecified atom stereocenters. The van der Waals surface area contributed by atoms with Gasteiger partial charge in [0.05, 0.1) is 13.2 Å². The molecular formula is C18H27NO2. The van der Waals surface area contributed by atoms with Gasteiger partial charge >= 0.3 is 0 Å². The maximum absolute atomic E-state index is 5.98. The van der Waals surface area contributed by atoms with Crippen molar-refractivity contribution in [3.8, 4) is 5.75 Å². The van der Waals surface area contributed by atoms with E-state index in [1.54, 1.807) is 7.11 Å². The minimum atomic E-state index is 0.228. The molecule has 2 fully saturated rings. The number of nitrogens with one attached hydrogen (secondary N) is 1. The van der Waals surface area contributed by atoms with Gasteiger partial charge in [-0.2, -0.15) is 0 Å². The highest BCUT2D eigenvalue weighted by Gasteiger charge is 2.57. The van der Waals surface area contributed by atoms with Crippen LogP contribution in [0.25, 0.3) is 0 Å². The van der Waals surface area contributed by atoms with Crippen LogP contribution in [0.5, 0.6) is 5.75 Å². The van der Waals surface area contributed by atoms with E-state index in [1.807, 2.05) is 12.1 Å². The molecule has 1 aliphatic heterocycles. The zero-order chi connectivity index (χ0) is 15.0. The third-order valence-electron chi connectivity index (χ3n) is 5.38. The largest absolute Gasteiger partial charge is 0.497 e. The first kappa shape index (κ1) is 14.9. The predicted octanol–water partition coefficient (Wildman–Crippen LogP) is 3.55. The first-order valence-electron chi connectivity index (χ1n) is 8.05. The van der Waals surface area contributed by atoms with Crippen molar-refractivity contribution in [1.82, 2.24) is 5.32 Å². The number of hydrogen-bond donors (Lipinski definition) is 1. The Morgan fingerprint density at radius 1 is 1.29 bits per heavy atom. The maximum atomic E-state index is 5.98. The van der Waals surface area contributed by atoms with Crippen LogP contribution in [-0.2, 0) is 4.74 Å². The molecule has 0 amide bonds. The Balaban J connectivity index is 1.67. The summed E-state index contributed by atoms with van der Waals surface area (Å²) in [5.74, 6) is 1.59. The fraction of sp³-hybridized carbons (Fsp3) is 0.667. The van der Waals surface area contributed by atoms with Crippen LogP contribution in [0.3, 0.4) is 0 Å². The van der Waals surface area contributed by atoms with E-state index in [2.05, 4.69) is 38.2 Å². The number of hydrogen-bond acceptors (Lipinski definition) is 3. The van der Waals surface area contributed by atoms with Gasteiger partial charge in [-0.3, -0.25) is 0 Å². The fourth-order valence-electron chi connectivity index (χ4n) is 4.12. The monoisotopic (exact) mass is 289 g/mol. The summed E-state index contributed by atoms with van der Waals surface area (Å²) < 4.78 is 11.2. The van der Waals surface area contributed by atoms with E-state index in [0.29, 0.717) is 24.1 Å². The van der Waals surface area contributed by atoms with Crippen molar-refractivity contribution in [1.29, 1.82) is 0 Å². The average Bonchev–Trinajstić information content (AvgIpc) is 2.52. The molecule has 1 saturated heterocycles. The number of rotatable bonds is 4. The minimum absolute atomic E-state index is 0.228. The van der Waals surface area contributed by atoms with Crippen LogP contribution in [0.2, 0.25) is 0 Å². The molecule has 3 heteroatoms. The molecule has 2 aliphatic rings. The lowest BCUT2D eigenvalue weighted by molar-refractivity contribution is -0.194. The molecule has 4 atom stereocenters. The van der Waals surface area contributed by atoms with Gasteiger partial charge in [0.1, 0.15) is 5.75 Å². The Labute approximate surface area is 128 Å². The van der Waals surface area contributed by atoms with E-state index in [1.165, 1.54) is 18.4 Å². The number of ether oxygens (including phenoxy) is 2. The lowest BCUT2D eigenvalue weighted by atomic mass is 9.55. The fourth-order valence-corrected chi connectivity index (χ4v) is 4.12. The smallest absolute Gasteiger partial charge is 0.118 e. The van der Waals surface area contributed by atoms with Crippen molar-refractivity contribution in [3.63, 3.8) is 0 Å². The van der Waals surface area contributed by atoms with Crippen LogP contribution in [-0.4, -0.2) is 25.9 Å². The predicted molar refractivity (Wildman–Crippen MR) is 84.6 cm³/mol. The average molecular weight is 289 g/mol. The Morgan fingerprint density at radius 2 is 2.00 bits per heavy atom. The highest BCUT2D eigenvalue weighted by atomic mass is 16.5. The molecule has 0 radical (unpaired) electrons. The minimum Gasteiger partial charge on any atom is -0.497 e. The van der Waals surface area contributed by atoms with Gasteiger partial charge in [-0.15, -0.1) is 0 Å². The van der Waals surface area contributed by atoms with Gasteiger partial charge < -0.3 is 14.8 Å². The van der Waals surface area contributed by atoms with E-state index in [4.69, 9.17) is 9.47 Å². The SMILES string of the molecule is COc1ccc(C(C)NC2C3CCCOC3C2(C)C)cc1. The summed E-state index contributed by atoms with van der Waals surface area (Å²) in [6.45, 7) is 7.84. The maximum Gasteiger partial charge on any atom is 0.118 e. The Kier molecular flexibility index (Phi) is 3.98. The van der Waals surface area contributed by atoms with E-state index < -0.39 is 0 Å². The Morgan fingerprint density at radius 3 is 2.67 bits per heavy atom. The summed E-state index contributed by atoms with van der Waals surface area (Å²) >= 11 is 0. The number of benzene rings is 1. The normalized spacial score (nSPS) is 31.9. The van der Waals surface area contributed by atoms with Gasteiger partial charge in [0.2, 0.25) is 0 Å². The highest BCUT2D eigenvalue weighted by Crippen LogP contribution is 2.51. The summed E-state index contributed by atoms with van der Waals surface area (Å²) in [6.07, 6.45) is 2.93. The van der Waals surface area contributed by atoms with E-state index in [0.717, 1.165) is 12.4 Å². The van der Waals surface area contributed by atoms with Gasteiger partial charge in [0, 0.05) is 30.0 Å². The third kappa shape index (κ3) is 2.58. The molecule has 1 N–H and O–H groups in total. The van der Waals surface area contributed by atoms with E-state index >= 15 is 0 Å².